The summed E-state index contributed by atoms with van der Waals surface area (Å²) in [4.78, 5) is 24.4. The molecule has 1 fully saturated rings. The van der Waals surface area contributed by atoms with Crippen LogP contribution >= 0.6 is 15.9 Å². The fraction of sp³-hybridized carbons (Fsp3) is 0.214. The van der Waals surface area contributed by atoms with E-state index in [1.165, 1.54) is 15.8 Å². The zero-order valence-electron chi connectivity index (χ0n) is 11.0. The lowest BCUT2D eigenvalue weighted by Gasteiger charge is -2.10. The van der Waals surface area contributed by atoms with E-state index in [1.54, 1.807) is 6.20 Å². The third-order valence-corrected chi connectivity index (χ3v) is 3.64. The molecule has 21 heavy (non-hydrogen) atoms. The molecule has 0 saturated carbocycles. The molecule has 0 bridgehead atoms. The summed E-state index contributed by atoms with van der Waals surface area (Å²) in [5, 5.41) is 4.10. The van der Waals surface area contributed by atoms with E-state index in [4.69, 9.17) is 4.74 Å². The Balaban J connectivity index is 1.66. The fourth-order valence-corrected chi connectivity index (χ4v) is 2.34. The number of hydrogen-bond acceptors (Lipinski definition) is 4. The summed E-state index contributed by atoms with van der Waals surface area (Å²) in [6.07, 6.45) is 3.64. The maximum absolute atomic E-state index is 11.6. The molecular formula is C14H12BrN3O3. The fourth-order valence-electron chi connectivity index (χ4n) is 2.07. The summed E-state index contributed by atoms with van der Waals surface area (Å²) < 4.78 is 8.08. The van der Waals surface area contributed by atoms with Crippen molar-refractivity contribution in [2.24, 2.45) is 0 Å². The number of nitrogens with zero attached hydrogens (tertiary/aromatic N) is 3. The van der Waals surface area contributed by atoms with Crippen molar-refractivity contribution in [3.05, 3.63) is 41.1 Å². The first kappa shape index (κ1) is 13.8. The van der Waals surface area contributed by atoms with Gasteiger partial charge in [0.25, 0.3) is 0 Å². The second-order valence-electron chi connectivity index (χ2n) is 4.59. The van der Waals surface area contributed by atoms with Crippen molar-refractivity contribution in [2.75, 3.05) is 4.90 Å². The predicted molar refractivity (Wildman–Crippen MR) is 78.7 cm³/mol. The van der Waals surface area contributed by atoms with Crippen LogP contribution in [0.5, 0.6) is 5.75 Å². The van der Waals surface area contributed by atoms with Gasteiger partial charge in [0.15, 0.2) is 6.73 Å². The molecule has 1 aliphatic rings. The molecule has 6 nitrogen and oxygen atoms in total. The first-order chi connectivity index (χ1) is 10.1. The van der Waals surface area contributed by atoms with Crippen LogP contribution in [0.25, 0.3) is 0 Å². The van der Waals surface area contributed by atoms with Gasteiger partial charge in [-0.1, -0.05) is 15.9 Å². The monoisotopic (exact) mass is 349 g/mol. The van der Waals surface area contributed by atoms with E-state index in [1.807, 2.05) is 24.3 Å². The van der Waals surface area contributed by atoms with Crippen LogP contribution in [-0.2, 0) is 16.3 Å². The number of aromatic nitrogens is 2. The van der Waals surface area contributed by atoms with Crippen LogP contribution in [0.15, 0.2) is 41.1 Å². The topological polar surface area (TPSA) is 64.4 Å². The molecule has 2 heterocycles. The minimum atomic E-state index is -0.187. The van der Waals surface area contributed by atoms with Gasteiger partial charge in [-0.3, -0.25) is 9.59 Å². The Hall–Kier alpha value is -2.15. The second kappa shape index (κ2) is 5.69. The van der Waals surface area contributed by atoms with Crippen molar-refractivity contribution in [3.63, 3.8) is 0 Å². The predicted octanol–water partition coefficient (Wildman–Crippen LogP) is 2.34. The number of benzene rings is 1. The van der Waals surface area contributed by atoms with Gasteiger partial charge in [0.2, 0.25) is 11.8 Å². The lowest BCUT2D eigenvalue weighted by atomic mass is 10.3. The zero-order chi connectivity index (χ0) is 14.8. The molecule has 1 aliphatic heterocycles. The molecule has 1 aromatic carbocycles. The summed E-state index contributed by atoms with van der Waals surface area (Å²) in [6, 6.07) is 7.43. The summed E-state index contributed by atoms with van der Waals surface area (Å²) >= 11 is 3.35. The van der Waals surface area contributed by atoms with Crippen molar-refractivity contribution in [1.29, 1.82) is 0 Å². The number of ether oxygens (including phenoxy) is 1. The molecule has 0 spiro atoms. The number of carbonyl (C=O) groups is 2. The number of anilines is 1. The standard InChI is InChI=1S/C14H12BrN3O3/c15-10-1-3-12(4-2-10)21-9-17-8-11(7-16-17)18-13(19)5-6-14(18)20/h1-4,7-8H,5-6,9H2. The Kier molecular flexibility index (Phi) is 3.74. The molecule has 108 valence electrons. The highest BCUT2D eigenvalue weighted by Gasteiger charge is 2.31. The molecule has 2 amide bonds. The van der Waals surface area contributed by atoms with Gasteiger partial charge in [-0.25, -0.2) is 9.58 Å². The largest absolute Gasteiger partial charge is 0.471 e. The normalized spacial score (nSPS) is 14.8. The number of carbonyl (C=O) groups excluding carboxylic acids is 2. The van der Waals surface area contributed by atoms with E-state index in [0.29, 0.717) is 11.4 Å². The Morgan fingerprint density at radius 1 is 1.14 bits per heavy atom. The van der Waals surface area contributed by atoms with Crippen LogP contribution < -0.4 is 9.64 Å². The van der Waals surface area contributed by atoms with Crippen molar-refractivity contribution >= 4 is 33.4 Å². The average Bonchev–Trinajstić information content (AvgIpc) is 3.05. The highest BCUT2D eigenvalue weighted by molar-refractivity contribution is 9.10. The van der Waals surface area contributed by atoms with Crippen LogP contribution in [0.2, 0.25) is 0 Å². The quantitative estimate of drug-likeness (QED) is 0.794. The van der Waals surface area contributed by atoms with Crippen molar-refractivity contribution < 1.29 is 14.3 Å². The molecule has 0 unspecified atom stereocenters. The van der Waals surface area contributed by atoms with Crippen LogP contribution in [0.3, 0.4) is 0 Å². The van der Waals surface area contributed by atoms with E-state index < -0.39 is 0 Å². The summed E-state index contributed by atoms with van der Waals surface area (Å²) in [7, 11) is 0. The Bertz CT molecular complexity index is 665. The molecule has 0 radical (unpaired) electrons. The number of hydrogen-bond donors (Lipinski definition) is 0. The molecule has 0 atom stereocenters. The summed E-state index contributed by atoms with van der Waals surface area (Å²) in [5.74, 6) is 0.338. The molecular weight excluding hydrogens is 338 g/mol. The van der Waals surface area contributed by atoms with Gasteiger partial charge in [-0.05, 0) is 24.3 Å². The summed E-state index contributed by atoms with van der Waals surface area (Å²) in [6.45, 7) is 0.206. The lowest BCUT2D eigenvalue weighted by Crippen LogP contribution is -2.28. The Labute approximate surface area is 129 Å². The van der Waals surface area contributed by atoms with Crippen molar-refractivity contribution in [2.45, 2.75) is 19.6 Å². The maximum Gasteiger partial charge on any atom is 0.234 e. The van der Waals surface area contributed by atoms with Gasteiger partial charge in [0.05, 0.1) is 18.1 Å². The maximum atomic E-state index is 11.6. The van der Waals surface area contributed by atoms with Gasteiger partial charge in [0.1, 0.15) is 5.75 Å². The van der Waals surface area contributed by atoms with E-state index in [9.17, 15) is 9.59 Å². The van der Waals surface area contributed by atoms with Crippen molar-refractivity contribution in [3.8, 4) is 5.75 Å². The van der Waals surface area contributed by atoms with Crippen LogP contribution in [-0.4, -0.2) is 21.6 Å². The van der Waals surface area contributed by atoms with E-state index in [-0.39, 0.29) is 31.4 Å². The number of halogens is 1. The van der Waals surface area contributed by atoms with Crippen molar-refractivity contribution in [1.82, 2.24) is 9.78 Å². The van der Waals surface area contributed by atoms with Crippen LogP contribution in [0.1, 0.15) is 12.8 Å². The number of imide groups is 1. The molecule has 2 aromatic rings. The Morgan fingerprint density at radius 2 is 1.81 bits per heavy atom. The van der Waals surface area contributed by atoms with E-state index >= 15 is 0 Å². The lowest BCUT2D eigenvalue weighted by molar-refractivity contribution is -0.121. The average molecular weight is 350 g/mol. The van der Waals surface area contributed by atoms with Gasteiger partial charge < -0.3 is 4.74 Å². The third-order valence-electron chi connectivity index (χ3n) is 3.11. The zero-order valence-corrected chi connectivity index (χ0v) is 12.6. The number of amides is 2. The van der Waals surface area contributed by atoms with Gasteiger partial charge in [-0.2, -0.15) is 5.10 Å². The number of rotatable bonds is 4. The Morgan fingerprint density at radius 3 is 2.48 bits per heavy atom. The SMILES string of the molecule is O=C1CCC(=O)N1c1cnn(COc2ccc(Br)cc2)c1. The second-order valence-corrected chi connectivity index (χ2v) is 5.50. The molecule has 1 saturated heterocycles. The van der Waals surface area contributed by atoms with Crippen LogP contribution in [0, 0.1) is 0 Å². The third kappa shape index (κ3) is 2.97. The summed E-state index contributed by atoms with van der Waals surface area (Å²) in [5.41, 5.74) is 0.488. The molecule has 3 rings (SSSR count). The minimum Gasteiger partial charge on any atom is -0.471 e. The minimum absolute atomic E-state index is 0.187. The van der Waals surface area contributed by atoms with Gasteiger partial charge in [0, 0.05) is 17.3 Å². The smallest absolute Gasteiger partial charge is 0.234 e. The molecule has 0 aliphatic carbocycles. The van der Waals surface area contributed by atoms with E-state index in [0.717, 1.165) is 4.47 Å². The first-order valence-corrected chi connectivity index (χ1v) is 7.19. The highest BCUT2D eigenvalue weighted by Crippen LogP contribution is 2.22. The van der Waals surface area contributed by atoms with Gasteiger partial charge >= 0.3 is 0 Å². The molecule has 7 heteroatoms. The van der Waals surface area contributed by atoms with Gasteiger partial charge in [-0.15, -0.1) is 0 Å². The highest BCUT2D eigenvalue weighted by atomic mass is 79.9. The van der Waals surface area contributed by atoms with Crippen LogP contribution in [0.4, 0.5) is 5.69 Å². The van der Waals surface area contributed by atoms with E-state index in [2.05, 4.69) is 21.0 Å². The first-order valence-electron chi connectivity index (χ1n) is 6.40. The molecule has 1 aromatic heterocycles. The molecule has 0 N–H and O–H groups in total.